The van der Waals surface area contributed by atoms with E-state index in [4.69, 9.17) is 4.74 Å². The van der Waals surface area contributed by atoms with Crippen molar-refractivity contribution >= 4 is 17.4 Å². The van der Waals surface area contributed by atoms with E-state index in [0.29, 0.717) is 17.9 Å². The van der Waals surface area contributed by atoms with Crippen molar-refractivity contribution in [3.63, 3.8) is 0 Å². The lowest BCUT2D eigenvalue weighted by Crippen LogP contribution is -2.43. The zero-order chi connectivity index (χ0) is 17.4. The summed E-state index contributed by atoms with van der Waals surface area (Å²) in [6, 6.07) is 0. The van der Waals surface area contributed by atoms with Gasteiger partial charge in [-0.15, -0.1) is 0 Å². The number of likely N-dealkylation sites (tertiary alicyclic amines) is 1. The third-order valence-electron chi connectivity index (χ3n) is 6.61. The Labute approximate surface area is 154 Å². The van der Waals surface area contributed by atoms with Crippen molar-refractivity contribution < 1.29 is 9.53 Å². The van der Waals surface area contributed by atoms with Crippen molar-refractivity contribution in [3.05, 3.63) is 17.1 Å². The standard InChI is InChI=1S/C19H29N3O2S/c1-3-14(4-2)18(23)20-8-15-16-10-22(9-13-7-21-25-11-13)12-19(16)6-5-17(15)24-19/h7,11,14-17H,3-6,8-10,12H2,1-2H3,(H,20,23)/t15-,16+,17+,19+/m0/s1. The Kier molecular flexibility index (Phi) is 4.86. The van der Waals surface area contributed by atoms with Gasteiger partial charge in [0.1, 0.15) is 0 Å². The van der Waals surface area contributed by atoms with Crippen LogP contribution in [0, 0.1) is 17.8 Å². The third kappa shape index (κ3) is 3.13. The molecule has 25 heavy (non-hydrogen) atoms. The van der Waals surface area contributed by atoms with Gasteiger partial charge in [-0.25, -0.2) is 4.37 Å². The minimum absolute atomic E-state index is 0.0401. The predicted octanol–water partition coefficient (Wildman–Crippen LogP) is 2.67. The molecule has 0 saturated carbocycles. The number of nitrogens with zero attached hydrogens (tertiary/aromatic N) is 2. The van der Waals surface area contributed by atoms with Crippen LogP contribution in [-0.4, -0.2) is 46.5 Å². The van der Waals surface area contributed by atoms with Crippen molar-refractivity contribution in [1.82, 2.24) is 14.6 Å². The van der Waals surface area contributed by atoms with E-state index in [1.165, 1.54) is 23.5 Å². The Balaban J connectivity index is 1.39. The summed E-state index contributed by atoms with van der Waals surface area (Å²) in [5.74, 6) is 1.40. The molecule has 1 spiro atoms. The average molecular weight is 364 g/mol. The first-order valence-corrected chi connectivity index (χ1v) is 10.5. The first kappa shape index (κ1) is 17.4. The van der Waals surface area contributed by atoms with Crippen molar-refractivity contribution in [2.75, 3.05) is 19.6 Å². The summed E-state index contributed by atoms with van der Waals surface area (Å²) in [6.07, 6.45) is 6.48. The Hall–Kier alpha value is -0.980. The number of nitrogens with one attached hydrogen (secondary N) is 1. The van der Waals surface area contributed by atoms with Gasteiger partial charge in [0.15, 0.2) is 0 Å². The summed E-state index contributed by atoms with van der Waals surface area (Å²) in [7, 11) is 0. The second-order valence-electron chi connectivity index (χ2n) is 7.99. The molecule has 0 aromatic carbocycles. The minimum Gasteiger partial charge on any atom is -0.370 e. The zero-order valence-electron chi connectivity index (χ0n) is 15.2. The monoisotopic (exact) mass is 363 g/mol. The van der Waals surface area contributed by atoms with Crippen molar-refractivity contribution in [3.8, 4) is 0 Å². The topological polar surface area (TPSA) is 54.5 Å². The van der Waals surface area contributed by atoms with E-state index < -0.39 is 0 Å². The number of aromatic nitrogens is 1. The highest BCUT2D eigenvalue weighted by Crippen LogP contribution is 2.54. The molecule has 3 fully saturated rings. The number of fused-ring (bicyclic) bond motifs is 1. The van der Waals surface area contributed by atoms with E-state index >= 15 is 0 Å². The largest absolute Gasteiger partial charge is 0.370 e. The molecule has 2 bridgehead atoms. The van der Waals surface area contributed by atoms with Crippen molar-refractivity contribution in [1.29, 1.82) is 0 Å². The molecule has 1 N–H and O–H groups in total. The Morgan fingerprint density at radius 2 is 2.36 bits per heavy atom. The van der Waals surface area contributed by atoms with Gasteiger partial charge in [-0.1, -0.05) is 13.8 Å². The van der Waals surface area contributed by atoms with E-state index in [9.17, 15) is 4.79 Å². The van der Waals surface area contributed by atoms with Crippen LogP contribution in [0.4, 0.5) is 0 Å². The second kappa shape index (κ2) is 6.97. The van der Waals surface area contributed by atoms with Gasteiger partial charge < -0.3 is 10.1 Å². The van der Waals surface area contributed by atoms with Crippen molar-refractivity contribution in [2.45, 2.75) is 57.8 Å². The summed E-state index contributed by atoms with van der Waals surface area (Å²) >= 11 is 1.52. The number of amides is 1. The maximum absolute atomic E-state index is 12.4. The highest BCUT2D eigenvalue weighted by molar-refractivity contribution is 7.03. The maximum Gasteiger partial charge on any atom is 0.223 e. The molecule has 3 aliphatic rings. The molecule has 1 aromatic heterocycles. The summed E-state index contributed by atoms with van der Waals surface area (Å²) in [4.78, 5) is 14.9. The van der Waals surface area contributed by atoms with Crippen LogP contribution >= 0.6 is 11.5 Å². The van der Waals surface area contributed by atoms with E-state index in [-0.39, 0.29) is 17.4 Å². The summed E-state index contributed by atoms with van der Waals surface area (Å²) in [5.41, 5.74) is 1.34. The molecule has 0 unspecified atom stereocenters. The summed E-state index contributed by atoms with van der Waals surface area (Å²) < 4.78 is 10.7. The Bertz CT molecular complexity index is 604. The van der Waals surface area contributed by atoms with E-state index in [1.807, 2.05) is 6.20 Å². The number of carbonyl (C=O) groups is 1. The van der Waals surface area contributed by atoms with Crippen molar-refractivity contribution in [2.24, 2.45) is 17.8 Å². The quantitative estimate of drug-likeness (QED) is 0.809. The highest BCUT2D eigenvalue weighted by Gasteiger charge is 2.62. The maximum atomic E-state index is 12.4. The lowest BCUT2D eigenvalue weighted by Gasteiger charge is -2.30. The first-order chi connectivity index (χ1) is 12.1. The molecule has 3 saturated heterocycles. The van der Waals surface area contributed by atoms with Gasteiger partial charge in [-0.05, 0) is 42.8 Å². The molecule has 5 nitrogen and oxygen atoms in total. The van der Waals surface area contributed by atoms with Crippen LogP contribution in [0.3, 0.4) is 0 Å². The fraction of sp³-hybridized carbons (Fsp3) is 0.789. The summed E-state index contributed by atoms with van der Waals surface area (Å²) in [5, 5.41) is 5.37. The van der Waals surface area contributed by atoms with Crippen LogP contribution in [0.25, 0.3) is 0 Å². The molecule has 4 heterocycles. The van der Waals surface area contributed by atoms with Crippen LogP contribution < -0.4 is 5.32 Å². The number of rotatable bonds is 7. The van der Waals surface area contributed by atoms with Gasteiger partial charge in [-0.2, -0.15) is 0 Å². The molecule has 4 rings (SSSR count). The van der Waals surface area contributed by atoms with Crippen LogP contribution in [-0.2, 0) is 16.1 Å². The fourth-order valence-corrected chi connectivity index (χ4v) is 5.79. The van der Waals surface area contributed by atoms with E-state index in [1.54, 1.807) is 0 Å². The summed E-state index contributed by atoms with van der Waals surface area (Å²) in [6.45, 7) is 8.05. The number of carbonyl (C=O) groups excluding carboxylic acids is 1. The molecule has 4 atom stereocenters. The average Bonchev–Trinajstić information content (AvgIpc) is 3.35. The smallest absolute Gasteiger partial charge is 0.223 e. The molecule has 1 amide bonds. The Morgan fingerprint density at radius 3 is 3.08 bits per heavy atom. The van der Waals surface area contributed by atoms with Gasteiger partial charge in [-0.3, -0.25) is 9.69 Å². The van der Waals surface area contributed by atoms with Crippen LogP contribution in [0.1, 0.15) is 45.1 Å². The van der Waals surface area contributed by atoms with Gasteiger partial charge in [0, 0.05) is 55.5 Å². The predicted molar refractivity (Wildman–Crippen MR) is 98.3 cm³/mol. The molecule has 0 aliphatic carbocycles. The van der Waals surface area contributed by atoms with Gasteiger partial charge in [0.05, 0.1) is 11.7 Å². The van der Waals surface area contributed by atoms with Crippen LogP contribution in [0.15, 0.2) is 11.6 Å². The molecule has 0 radical (unpaired) electrons. The molecule has 3 aliphatic heterocycles. The van der Waals surface area contributed by atoms with Crippen LogP contribution in [0.5, 0.6) is 0 Å². The van der Waals surface area contributed by atoms with Gasteiger partial charge in [0.2, 0.25) is 5.91 Å². The zero-order valence-corrected chi connectivity index (χ0v) is 16.1. The lowest BCUT2D eigenvalue weighted by atomic mass is 9.73. The minimum atomic E-state index is 0.0401. The highest BCUT2D eigenvalue weighted by atomic mass is 32.1. The molecular formula is C19H29N3O2S. The fourth-order valence-electron chi connectivity index (χ4n) is 5.27. The number of hydrogen-bond acceptors (Lipinski definition) is 5. The molecule has 138 valence electrons. The molecule has 6 heteroatoms. The third-order valence-corrected chi connectivity index (χ3v) is 7.25. The van der Waals surface area contributed by atoms with Crippen LogP contribution in [0.2, 0.25) is 0 Å². The van der Waals surface area contributed by atoms with E-state index in [0.717, 1.165) is 45.4 Å². The molecular weight excluding hydrogens is 334 g/mol. The SMILES string of the molecule is CCC(CC)C(=O)NC[C@H]1[C@H]2CN(Cc3cnsc3)C[C@]23CC[C@H]1O3. The first-order valence-electron chi connectivity index (χ1n) is 9.71. The normalized spacial score (nSPS) is 34.0. The Morgan fingerprint density at radius 1 is 1.52 bits per heavy atom. The van der Waals surface area contributed by atoms with Gasteiger partial charge in [0.25, 0.3) is 0 Å². The van der Waals surface area contributed by atoms with E-state index in [2.05, 4.69) is 33.8 Å². The second-order valence-corrected chi connectivity index (χ2v) is 8.65. The molecule has 1 aromatic rings. The lowest BCUT2D eigenvalue weighted by molar-refractivity contribution is -0.125. The van der Waals surface area contributed by atoms with Gasteiger partial charge >= 0.3 is 0 Å². The number of hydrogen-bond donors (Lipinski definition) is 1. The number of ether oxygens (including phenoxy) is 1.